The number of furan rings is 1. The van der Waals surface area contributed by atoms with Gasteiger partial charge in [-0.05, 0) is 29.8 Å². The van der Waals surface area contributed by atoms with Crippen LogP contribution in [0, 0.1) is 5.41 Å². The predicted molar refractivity (Wildman–Crippen MR) is 121 cm³/mol. The number of rotatable bonds is 3. The molecule has 0 bridgehead atoms. The molecule has 3 N–H and O–H groups in total. The van der Waals surface area contributed by atoms with Crippen LogP contribution in [0.2, 0.25) is 0 Å². The molecular formula is C23H21N5O2S. The number of hydrogen-bond acceptors (Lipinski definition) is 7. The van der Waals surface area contributed by atoms with Crippen LogP contribution in [-0.4, -0.2) is 33.7 Å². The number of carbonyl (C=O) groups is 1. The maximum Gasteiger partial charge on any atom is 0.236 e. The van der Waals surface area contributed by atoms with Crippen LogP contribution in [-0.2, 0) is 10.2 Å². The molecule has 8 heteroatoms. The van der Waals surface area contributed by atoms with Crippen molar-refractivity contribution in [3.63, 3.8) is 0 Å². The van der Waals surface area contributed by atoms with E-state index in [1.54, 1.807) is 30.8 Å². The second-order valence-electron chi connectivity index (χ2n) is 8.12. The number of likely N-dealkylation sites (N-methyl/N-ethyl adjacent to an activating group) is 1. The van der Waals surface area contributed by atoms with E-state index in [0.717, 1.165) is 32.7 Å². The molecule has 1 amide bonds. The molecular weight excluding hydrogens is 410 g/mol. The SMILES string of the molecule is CN1C(=N)C[C@](C)(c2cc(-c3cnc(N)cn3)cs2)C(c2ccc3occc3c2)C1=O. The molecule has 31 heavy (non-hydrogen) atoms. The van der Waals surface area contributed by atoms with Crippen molar-refractivity contribution >= 4 is 39.9 Å². The highest BCUT2D eigenvalue weighted by molar-refractivity contribution is 7.10. The highest BCUT2D eigenvalue weighted by Crippen LogP contribution is 2.49. The lowest BCUT2D eigenvalue weighted by Gasteiger charge is -2.44. The number of nitrogen functional groups attached to an aromatic ring is 1. The first-order chi connectivity index (χ1) is 14.9. The number of nitrogens with two attached hydrogens (primary N) is 1. The number of thiophene rings is 1. The van der Waals surface area contributed by atoms with Crippen molar-refractivity contribution in [1.29, 1.82) is 5.41 Å². The molecule has 1 aromatic carbocycles. The Hall–Kier alpha value is -3.52. The number of fused-ring (bicyclic) bond motifs is 1. The summed E-state index contributed by atoms with van der Waals surface area (Å²) in [6, 6.07) is 9.83. The number of anilines is 1. The summed E-state index contributed by atoms with van der Waals surface area (Å²) in [5.41, 5.74) is 8.46. The van der Waals surface area contributed by atoms with E-state index in [0.29, 0.717) is 18.1 Å². The highest BCUT2D eigenvalue weighted by atomic mass is 32.1. The number of aromatic nitrogens is 2. The first-order valence-electron chi connectivity index (χ1n) is 9.86. The Kier molecular flexibility index (Phi) is 4.40. The van der Waals surface area contributed by atoms with E-state index in [1.807, 2.05) is 29.6 Å². The summed E-state index contributed by atoms with van der Waals surface area (Å²) >= 11 is 1.58. The van der Waals surface area contributed by atoms with Crippen molar-refractivity contribution < 1.29 is 9.21 Å². The number of benzene rings is 1. The Bertz CT molecular complexity index is 1310. The average molecular weight is 432 g/mol. The number of nitrogens with zero attached hydrogens (tertiary/aromatic N) is 3. The van der Waals surface area contributed by atoms with Crippen LogP contribution in [0.4, 0.5) is 5.82 Å². The second-order valence-corrected chi connectivity index (χ2v) is 9.03. The van der Waals surface area contributed by atoms with E-state index in [2.05, 4.69) is 23.0 Å². The van der Waals surface area contributed by atoms with Gasteiger partial charge in [0.15, 0.2) is 0 Å². The van der Waals surface area contributed by atoms with Gasteiger partial charge < -0.3 is 15.1 Å². The number of amidine groups is 1. The number of amides is 1. The van der Waals surface area contributed by atoms with Gasteiger partial charge in [-0.15, -0.1) is 11.3 Å². The Balaban J connectivity index is 1.62. The topological polar surface area (TPSA) is 109 Å². The smallest absolute Gasteiger partial charge is 0.236 e. The molecule has 0 aliphatic carbocycles. The van der Waals surface area contributed by atoms with Crippen molar-refractivity contribution in [3.8, 4) is 11.3 Å². The van der Waals surface area contributed by atoms with Crippen LogP contribution < -0.4 is 5.73 Å². The lowest BCUT2D eigenvalue weighted by Crippen LogP contribution is -2.51. The van der Waals surface area contributed by atoms with Crippen molar-refractivity contribution in [2.45, 2.75) is 24.7 Å². The third kappa shape index (κ3) is 3.11. The largest absolute Gasteiger partial charge is 0.464 e. The van der Waals surface area contributed by atoms with Crippen molar-refractivity contribution in [2.75, 3.05) is 12.8 Å². The van der Waals surface area contributed by atoms with Crippen LogP contribution >= 0.6 is 11.3 Å². The van der Waals surface area contributed by atoms with E-state index in [9.17, 15) is 4.79 Å². The van der Waals surface area contributed by atoms with Gasteiger partial charge in [-0.25, -0.2) is 4.98 Å². The fourth-order valence-electron chi connectivity index (χ4n) is 4.33. The third-order valence-corrected chi connectivity index (χ3v) is 7.30. The van der Waals surface area contributed by atoms with Gasteiger partial charge in [0.2, 0.25) is 5.91 Å². The molecule has 1 fully saturated rings. The minimum absolute atomic E-state index is 0.0798. The van der Waals surface area contributed by atoms with E-state index in [4.69, 9.17) is 15.6 Å². The summed E-state index contributed by atoms with van der Waals surface area (Å²) < 4.78 is 5.47. The van der Waals surface area contributed by atoms with Gasteiger partial charge in [-0.2, -0.15) is 0 Å². The number of likely N-dealkylation sites (tertiary alicyclic amines) is 1. The maximum atomic E-state index is 13.4. The molecule has 3 aromatic heterocycles. The van der Waals surface area contributed by atoms with Crippen molar-refractivity contribution in [2.24, 2.45) is 0 Å². The standard InChI is InChI=1S/C23H21N5O2S/c1-23(18-8-15(12-31-18)16-10-27-19(24)11-26-16)9-20(25)28(2)22(29)21(23)14-3-4-17-13(7-14)5-6-30-17/h3-8,10-12,21,25H,9H2,1-2H3,(H2,24,27)/t21?,23-/m1/s1. The zero-order valence-electron chi connectivity index (χ0n) is 17.1. The second kappa shape index (κ2) is 7.02. The Labute approximate surface area is 183 Å². The molecule has 1 aliphatic rings. The highest BCUT2D eigenvalue weighted by Gasteiger charge is 2.49. The predicted octanol–water partition coefficient (Wildman–Crippen LogP) is 4.41. The van der Waals surface area contributed by atoms with Gasteiger partial charge in [0, 0.05) is 40.1 Å². The minimum atomic E-state index is -0.567. The van der Waals surface area contributed by atoms with Crippen LogP contribution in [0.25, 0.3) is 22.2 Å². The molecule has 0 spiro atoms. The zero-order valence-corrected chi connectivity index (χ0v) is 17.9. The fourth-order valence-corrected chi connectivity index (χ4v) is 5.43. The van der Waals surface area contributed by atoms with Crippen LogP contribution in [0.15, 0.2) is 58.8 Å². The lowest BCUT2D eigenvalue weighted by atomic mass is 9.67. The summed E-state index contributed by atoms with van der Waals surface area (Å²) in [5, 5.41) is 11.4. The first-order valence-corrected chi connectivity index (χ1v) is 10.7. The van der Waals surface area contributed by atoms with Gasteiger partial charge in [0.1, 0.15) is 17.2 Å². The van der Waals surface area contributed by atoms with Crippen LogP contribution in [0.3, 0.4) is 0 Å². The minimum Gasteiger partial charge on any atom is -0.464 e. The molecule has 4 heterocycles. The third-order valence-electron chi connectivity index (χ3n) is 6.09. The molecule has 1 aliphatic heterocycles. The van der Waals surface area contributed by atoms with Gasteiger partial charge in [-0.1, -0.05) is 13.0 Å². The molecule has 4 aromatic rings. The number of hydrogen-bond donors (Lipinski definition) is 2. The molecule has 1 saturated heterocycles. The molecule has 7 nitrogen and oxygen atoms in total. The van der Waals surface area contributed by atoms with E-state index in [-0.39, 0.29) is 5.91 Å². The summed E-state index contributed by atoms with van der Waals surface area (Å²) in [6.07, 6.45) is 5.29. The quantitative estimate of drug-likeness (QED) is 0.499. The number of nitrogens with one attached hydrogen (secondary N) is 1. The summed E-state index contributed by atoms with van der Waals surface area (Å²) in [5.74, 6) is 0.185. The first kappa shape index (κ1) is 19.4. The zero-order chi connectivity index (χ0) is 21.8. The molecule has 0 radical (unpaired) electrons. The molecule has 5 rings (SSSR count). The summed E-state index contributed by atoms with van der Waals surface area (Å²) in [4.78, 5) is 24.4. The van der Waals surface area contributed by atoms with Crippen molar-refractivity contribution in [1.82, 2.24) is 14.9 Å². The summed E-state index contributed by atoms with van der Waals surface area (Å²) in [6.45, 7) is 2.07. The normalized spacial score (nSPS) is 21.7. The fraction of sp³-hybridized carbons (Fsp3) is 0.217. The molecule has 1 unspecified atom stereocenters. The monoisotopic (exact) mass is 431 g/mol. The van der Waals surface area contributed by atoms with E-state index < -0.39 is 11.3 Å². The molecule has 156 valence electrons. The number of piperidine rings is 1. The van der Waals surface area contributed by atoms with Crippen LogP contribution in [0.5, 0.6) is 0 Å². The van der Waals surface area contributed by atoms with E-state index >= 15 is 0 Å². The molecule has 2 atom stereocenters. The van der Waals surface area contributed by atoms with Crippen molar-refractivity contribution in [3.05, 3.63) is 64.8 Å². The summed E-state index contributed by atoms with van der Waals surface area (Å²) in [7, 11) is 1.68. The Morgan fingerprint density at radius 1 is 1.26 bits per heavy atom. The lowest BCUT2D eigenvalue weighted by molar-refractivity contribution is -0.131. The van der Waals surface area contributed by atoms with Gasteiger partial charge in [0.05, 0.1) is 30.3 Å². The molecule has 0 saturated carbocycles. The Morgan fingerprint density at radius 3 is 2.87 bits per heavy atom. The van der Waals surface area contributed by atoms with Crippen LogP contribution in [0.1, 0.15) is 29.7 Å². The Morgan fingerprint density at radius 2 is 2.10 bits per heavy atom. The van der Waals surface area contributed by atoms with E-state index in [1.165, 1.54) is 11.1 Å². The van der Waals surface area contributed by atoms with Gasteiger partial charge in [0.25, 0.3) is 0 Å². The maximum absolute atomic E-state index is 13.4. The number of carbonyl (C=O) groups excluding carboxylic acids is 1. The average Bonchev–Trinajstić information content (AvgIpc) is 3.42. The van der Waals surface area contributed by atoms with Gasteiger partial charge >= 0.3 is 0 Å². The van der Waals surface area contributed by atoms with Gasteiger partial charge in [-0.3, -0.25) is 15.2 Å².